The largest absolute Gasteiger partial charge is 0.485 e. The number of rotatable bonds is 7. The number of ether oxygens (including phenoxy) is 1. The molecule has 256 valence electrons. The molecule has 0 aromatic heterocycles. The number of anilines is 3. The van der Waals surface area contributed by atoms with Crippen molar-refractivity contribution in [2.24, 2.45) is 0 Å². The normalized spacial score (nSPS) is 15.4. The zero-order valence-electron chi connectivity index (χ0n) is 29.7. The Morgan fingerprint density at radius 3 is 1.46 bits per heavy atom. The lowest BCUT2D eigenvalue weighted by Gasteiger charge is -2.26. The van der Waals surface area contributed by atoms with Gasteiger partial charge in [-0.05, 0) is 116 Å². The molecule has 0 saturated heterocycles. The zero-order valence-corrected chi connectivity index (χ0v) is 29.7. The van der Waals surface area contributed by atoms with Crippen LogP contribution in [0.25, 0.3) is 55.3 Å². The lowest BCUT2D eigenvalue weighted by atomic mass is 9.86. The molecule has 2 nitrogen and oxygen atoms in total. The van der Waals surface area contributed by atoms with Crippen LogP contribution in [0.15, 0.2) is 212 Å². The van der Waals surface area contributed by atoms with E-state index in [2.05, 4.69) is 217 Å². The first-order valence-electron chi connectivity index (χ1n) is 18.7. The summed E-state index contributed by atoms with van der Waals surface area (Å²) in [5.41, 5.74) is 14.1. The minimum Gasteiger partial charge on any atom is -0.485 e. The minimum absolute atomic E-state index is 0.0298. The summed E-state index contributed by atoms with van der Waals surface area (Å²) in [5, 5.41) is 2.48. The number of benzene rings is 8. The van der Waals surface area contributed by atoms with E-state index in [9.17, 15) is 0 Å². The Morgan fingerprint density at radius 2 is 0.852 bits per heavy atom. The molecule has 0 spiro atoms. The molecule has 0 N–H and O–H groups in total. The molecule has 0 amide bonds. The third-order valence-electron chi connectivity index (χ3n) is 10.8. The van der Waals surface area contributed by atoms with Gasteiger partial charge in [0.1, 0.15) is 11.9 Å². The van der Waals surface area contributed by atoms with Crippen LogP contribution in [0.3, 0.4) is 0 Å². The lowest BCUT2D eigenvalue weighted by Crippen LogP contribution is -2.15. The SMILES string of the molecule is C1=CC2Oc3cc(-c4ccc(N(c5ccc(-c6ccccc6)cc5)c5ccc(-c6ccccc6)cc5)cc4)c(-c4ccc5ccccc5c4)cc3C2C=C1. The van der Waals surface area contributed by atoms with Crippen LogP contribution in [0.4, 0.5) is 17.1 Å². The van der Waals surface area contributed by atoms with E-state index in [0.717, 1.165) is 33.9 Å². The highest BCUT2D eigenvalue weighted by Gasteiger charge is 2.33. The van der Waals surface area contributed by atoms with Gasteiger partial charge >= 0.3 is 0 Å². The predicted octanol–water partition coefficient (Wildman–Crippen LogP) is 13.9. The molecule has 2 unspecified atom stereocenters. The quantitative estimate of drug-likeness (QED) is 0.165. The van der Waals surface area contributed by atoms with Gasteiger partial charge < -0.3 is 9.64 Å². The van der Waals surface area contributed by atoms with Crippen molar-refractivity contribution in [1.82, 2.24) is 0 Å². The number of fused-ring (bicyclic) bond motifs is 4. The Bertz CT molecular complexity index is 2570. The number of hydrogen-bond donors (Lipinski definition) is 0. The summed E-state index contributed by atoms with van der Waals surface area (Å²) in [6, 6.07) is 67.9. The van der Waals surface area contributed by atoms with Crippen LogP contribution in [0.5, 0.6) is 5.75 Å². The highest BCUT2D eigenvalue weighted by atomic mass is 16.5. The Morgan fingerprint density at radius 1 is 0.370 bits per heavy atom. The third-order valence-corrected chi connectivity index (χ3v) is 10.8. The second-order valence-corrected chi connectivity index (χ2v) is 14.1. The minimum atomic E-state index is 0.0298. The predicted molar refractivity (Wildman–Crippen MR) is 226 cm³/mol. The third kappa shape index (κ3) is 5.88. The topological polar surface area (TPSA) is 12.5 Å². The van der Waals surface area contributed by atoms with Crippen molar-refractivity contribution in [1.29, 1.82) is 0 Å². The summed E-state index contributed by atoms with van der Waals surface area (Å²) >= 11 is 0. The monoisotopic (exact) mass is 691 g/mol. The van der Waals surface area contributed by atoms with Gasteiger partial charge in [-0.2, -0.15) is 0 Å². The zero-order chi connectivity index (χ0) is 35.8. The Labute approximate surface area is 316 Å². The van der Waals surface area contributed by atoms with Gasteiger partial charge in [-0.1, -0.05) is 152 Å². The maximum Gasteiger partial charge on any atom is 0.128 e. The summed E-state index contributed by atoms with van der Waals surface area (Å²) in [4.78, 5) is 2.34. The van der Waals surface area contributed by atoms with Crippen molar-refractivity contribution in [3.8, 4) is 50.3 Å². The van der Waals surface area contributed by atoms with Gasteiger partial charge in [0.2, 0.25) is 0 Å². The maximum atomic E-state index is 6.55. The van der Waals surface area contributed by atoms with Crippen LogP contribution in [0, 0.1) is 0 Å². The molecule has 8 aromatic carbocycles. The van der Waals surface area contributed by atoms with Crippen LogP contribution >= 0.6 is 0 Å². The summed E-state index contributed by atoms with van der Waals surface area (Å²) in [5.74, 6) is 1.18. The average molecular weight is 692 g/mol. The van der Waals surface area contributed by atoms with Crippen LogP contribution < -0.4 is 9.64 Å². The number of hydrogen-bond acceptors (Lipinski definition) is 2. The lowest BCUT2D eigenvalue weighted by molar-refractivity contribution is 0.269. The summed E-state index contributed by atoms with van der Waals surface area (Å²) in [7, 11) is 0. The van der Waals surface area contributed by atoms with E-state index in [4.69, 9.17) is 4.74 Å². The van der Waals surface area contributed by atoms with Crippen molar-refractivity contribution in [3.63, 3.8) is 0 Å². The molecular formula is C52H37NO. The van der Waals surface area contributed by atoms with Crippen LogP contribution in [0.2, 0.25) is 0 Å². The summed E-state index contributed by atoms with van der Waals surface area (Å²) in [6.07, 6.45) is 8.69. The van der Waals surface area contributed by atoms with Gasteiger partial charge in [-0.15, -0.1) is 0 Å². The first kappa shape index (κ1) is 31.8. The first-order valence-corrected chi connectivity index (χ1v) is 18.7. The summed E-state index contributed by atoms with van der Waals surface area (Å²) < 4.78 is 6.55. The fourth-order valence-corrected chi connectivity index (χ4v) is 8.02. The van der Waals surface area contributed by atoms with Gasteiger partial charge in [0.05, 0.1) is 0 Å². The van der Waals surface area contributed by atoms with Crippen molar-refractivity contribution >= 4 is 27.8 Å². The van der Waals surface area contributed by atoms with E-state index < -0.39 is 0 Å². The van der Waals surface area contributed by atoms with E-state index in [1.165, 1.54) is 49.7 Å². The molecule has 0 bridgehead atoms. The van der Waals surface area contributed by atoms with Crippen molar-refractivity contribution in [2.75, 3.05) is 4.90 Å². The Balaban J connectivity index is 1.07. The van der Waals surface area contributed by atoms with E-state index in [0.29, 0.717) is 0 Å². The summed E-state index contributed by atoms with van der Waals surface area (Å²) in [6.45, 7) is 0. The van der Waals surface area contributed by atoms with Gasteiger partial charge in [-0.3, -0.25) is 0 Å². The van der Waals surface area contributed by atoms with Gasteiger partial charge in [0.25, 0.3) is 0 Å². The molecule has 2 atom stereocenters. The maximum absolute atomic E-state index is 6.55. The van der Waals surface area contributed by atoms with E-state index >= 15 is 0 Å². The fraction of sp³-hybridized carbons (Fsp3) is 0.0385. The average Bonchev–Trinajstić information content (AvgIpc) is 3.62. The smallest absolute Gasteiger partial charge is 0.128 e. The molecule has 1 heterocycles. The molecular weight excluding hydrogens is 655 g/mol. The molecule has 8 aromatic rings. The molecule has 1 aliphatic heterocycles. The first-order chi connectivity index (χ1) is 26.7. The van der Waals surface area contributed by atoms with E-state index in [-0.39, 0.29) is 12.0 Å². The highest BCUT2D eigenvalue weighted by Crippen LogP contribution is 2.48. The van der Waals surface area contributed by atoms with Gasteiger partial charge in [0, 0.05) is 28.5 Å². The van der Waals surface area contributed by atoms with Crippen molar-refractivity contribution in [3.05, 3.63) is 218 Å². The number of nitrogens with zero attached hydrogens (tertiary/aromatic N) is 1. The van der Waals surface area contributed by atoms with Crippen LogP contribution in [-0.4, -0.2) is 6.10 Å². The second kappa shape index (κ2) is 13.6. The van der Waals surface area contributed by atoms with Gasteiger partial charge in [0.15, 0.2) is 0 Å². The standard InChI is InChI=1S/C52H37NO/c1-3-11-36(12-4-1)39-21-27-44(28-22-39)53(45-29-23-40(24-30-45)37-13-5-2-6-14-37)46-31-25-41(26-32-46)49-35-52-50(47-17-9-10-18-51(47)54-52)34-48(49)43-20-19-38-15-7-8-16-42(38)33-43/h1-35,47,51H. The molecule has 1 aliphatic carbocycles. The molecule has 0 saturated carbocycles. The van der Waals surface area contributed by atoms with E-state index in [1.54, 1.807) is 0 Å². The molecule has 0 fully saturated rings. The molecule has 54 heavy (non-hydrogen) atoms. The van der Waals surface area contributed by atoms with Crippen LogP contribution in [-0.2, 0) is 0 Å². The highest BCUT2D eigenvalue weighted by molar-refractivity contribution is 5.93. The van der Waals surface area contributed by atoms with Gasteiger partial charge in [-0.25, -0.2) is 0 Å². The van der Waals surface area contributed by atoms with E-state index in [1.807, 2.05) is 0 Å². The number of allylic oxidation sites excluding steroid dienone is 2. The van der Waals surface area contributed by atoms with Crippen molar-refractivity contribution < 1.29 is 4.74 Å². The second-order valence-electron chi connectivity index (χ2n) is 14.1. The van der Waals surface area contributed by atoms with Crippen LogP contribution in [0.1, 0.15) is 11.5 Å². The molecule has 10 rings (SSSR count). The Kier molecular flexibility index (Phi) is 8.00. The Hall–Kier alpha value is -6.90. The molecule has 2 aliphatic rings. The van der Waals surface area contributed by atoms with Crippen molar-refractivity contribution in [2.45, 2.75) is 12.0 Å². The fourth-order valence-electron chi connectivity index (χ4n) is 8.02. The molecule has 0 radical (unpaired) electrons. The molecule has 2 heteroatoms.